The van der Waals surface area contributed by atoms with E-state index >= 15 is 0 Å². The molecular formula is C17H22N4OS. The van der Waals surface area contributed by atoms with Crippen LogP contribution in [-0.2, 0) is 17.6 Å². The predicted molar refractivity (Wildman–Crippen MR) is 92.9 cm³/mol. The molecule has 0 unspecified atom stereocenters. The lowest BCUT2D eigenvalue weighted by Gasteiger charge is -2.25. The molecule has 1 aliphatic heterocycles. The summed E-state index contributed by atoms with van der Waals surface area (Å²) in [5, 5.41) is 1.18. The maximum absolute atomic E-state index is 11.8. The van der Waals surface area contributed by atoms with Crippen molar-refractivity contribution in [3.8, 4) is 0 Å². The molecule has 0 bridgehead atoms. The number of nitrogens with two attached hydrogens (primary N) is 1. The number of amides is 1. The normalized spacial score (nSPS) is 24.2. The van der Waals surface area contributed by atoms with Gasteiger partial charge < -0.3 is 10.6 Å². The van der Waals surface area contributed by atoms with Crippen LogP contribution >= 0.6 is 11.3 Å². The van der Waals surface area contributed by atoms with Gasteiger partial charge in [0.05, 0.1) is 5.39 Å². The summed E-state index contributed by atoms with van der Waals surface area (Å²) in [6.07, 6.45) is 5.25. The van der Waals surface area contributed by atoms with Gasteiger partial charge in [-0.15, -0.1) is 11.3 Å². The van der Waals surface area contributed by atoms with Gasteiger partial charge in [0.15, 0.2) is 0 Å². The first-order valence-electron chi connectivity index (χ1n) is 8.39. The first-order chi connectivity index (χ1) is 11.0. The molecule has 2 N–H and O–H groups in total. The molecule has 6 heteroatoms. The Bertz CT molecular complexity index is 784. The maximum Gasteiger partial charge on any atom is 0.240 e. The fourth-order valence-corrected chi connectivity index (χ4v) is 5.37. The summed E-state index contributed by atoms with van der Waals surface area (Å²) in [6, 6.07) is -0.231. The first-order valence-corrected chi connectivity index (χ1v) is 9.21. The molecule has 2 aromatic heterocycles. The van der Waals surface area contributed by atoms with Gasteiger partial charge in [-0.25, -0.2) is 9.97 Å². The van der Waals surface area contributed by atoms with E-state index in [1.54, 1.807) is 11.3 Å². The Morgan fingerprint density at radius 2 is 2.17 bits per heavy atom. The summed E-state index contributed by atoms with van der Waals surface area (Å²) >= 11 is 1.81. The molecule has 23 heavy (non-hydrogen) atoms. The zero-order valence-corrected chi connectivity index (χ0v) is 14.4. The van der Waals surface area contributed by atoms with Crippen molar-refractivity contribution in [2.45, 2.75) is 52.0 Å². The van der Waals surface area contributed by atoms with E-state index in [1.165, 1.54) is 22.2 Å². The molecule has 1 aliphatic carbocycles. The van der Waals surface area contributed by atoms with Crippen molar-refractivity contribution in [2.24, 2.45) is 11.7 Å². The van der Waals surface area contributed by atoms with Gasteiger partial charge in [-0.05, 0) is 50.5 Å². The number of hydrogen-bond donors (Lipinski definition) is 1. The van der Waals surface area contributed by atoms with Crippen molar-refractivity contribution in [3.05, 3.63) is 16.3 Å². The lowest BCUT2D eigenvalue weighted by atomic mass is 9.89. The lowest BCUT2D eigenvalue weighted by Crippen LogP contribution is -2.41. The number of primary amides is 1. The van der Waals surface area contributed by atoms with E-state index in [1.807, 2.05) is 6.92 Å². The largest absolute Gasteiger partial charge is 0.368 e. The molecule has 0 aromatic carbocycles. The molecule has 1 fully saturated rings. The highest BCUT2D eigenvalue weighted by atomic mass is 32.1. The van der Waals surface area contributed by atoms with E-state index in [0.717, 1.165) is 54.6 Å². The highest BCUT2D eigenvalue weighted by Gasteiger charge is 2.33. The van der Waals surface area contributed by atoms with Crippen molar-refractivity contribution in [1.82, 2.24) is 9.97 Å². The third kappa shape index (κ3) is 2.40. The maximum atomic E-state index is 11.8. The van der Waals surface area contributed by atoms with Crippen LogP contribution in [-0.4, -0.2) is 28.5 Å². The molecule has 2 aliphatic rings. The van der Waals surface area contributed by atoms with Crippen molar-refractivity contribution in [1.29, 1.82) is 0 Å². The van der Waals surface area contributed by atoms with Gasteiger partial charge in [0, 0.05) is 11.4 Å². The molecular weight excluding hydrogens is 308 g/mol. The van der Waals surface area contributed by atoms with E-state index in [9.17, 15) is 4.79 Å². The van der Waals surface area contributed by atoms with Gasteiger partial charge in [0.25, 0.3) is 0 Å². The molecule has 1 saturated heterocycles. The molecule has 2 aromatic rings. The van der Waals surface area contributed by atoms with Crippen LogP contribution in [0.3, 0.4) is 0 Å². The van der Waals surface area contributed by atoms with Gasteiger partial charge >= 0.3 is 0 Å². The molecule has 3 heterocycles. The van der Waals surface area contributed by atoms with Gasteiger partial charge in [-0.2, -0.15) is 0 Å². The monoisotopic (exact) mass is 330 g/mol. The van der Waals surface area contributed by atoms with Crippen LogP contribution in [0.1, 0.15) is 42.5 Å². The topological polar surface area (TPSA) is 72.1 Å². The number of fused-ring (bicyclic) bond motifs is 3. The van der Waals surface area contributed by atoms with E-state index < -0.39 is 0 Å². The van der Waals surface area contributed by atoms with Crippen LogP contribution in [0.25, 0.3) is 10.2 Å². The predicted octanol–water partition coefficient (Wildman–Crippen LogP) is 2.58. The van der Waals surface area contributed by atoms with E-state index in [2.05, 4.69) is 16.8 Å². The number of nitrogens with zero attached hydrogens (tertiary/aromatic N) is 3. The number of thiophene rings is 1. The van der Waals surface area contributed by atoms with Crippen LogP contribution in [0.4, 0.5) is 5.82 Å². The van der Waals surface area contributed by atoms with E-state index in [0.29, 0.717) is 0 Å². The third-order valence-corrected chi connectivity index (χ3v) is 6.25. The van der Waals surface area contributed by atoms with Crippen molar-refractivity contribution >= 4 is 33.3 Å². The van der Waals surface area contributed by atoms with Crippen LogP contribution in [0.5, 0.6) is 0 Å². The van der Waals surface area contributed by atoms with Crippen molar-refractivity contribution < 1.29 is 4.79 Å². The number of hydrogen-bond acceptors (Lipinski definition) is 5. The minimum Gasteiger partial charge on any atom is -0.368 e. The lowest BCUT2D eigenvalue weighted by molar-refractivity contribution is -0.119. The summed E-state index contributed by atoms with van der Waals surface area (Å²) in [4.78, 5) is 25.9. The summed E-state index contributed by atoms with van der Waals surface area (Å²) < 4.78 is 0. The third-order valence-electron chi connectivity index (χ3n) is 5.10. The van der Waals surface area contributed by atoms with Gasteiger partial charge in [-0.1, -0.05) is 6.92 Å². The molecule has 0 spiro atoms. The average Bonchev–Trinajstić information content (AvgIpc) is 3.09. The Hall–Kier alpha value is -1.69. The molecule has 0 radical (unpaired) electrons. The van der Waals surface area contributed by atoms with Crippen molar-refractivity contribution in [2.75, 3.05) is 11.4 Å². The van der Waals surface area contributed by atoms with E-state index in [-0.39, 0.29) is 11.9 Å². The fourth-order valence-electron chi connectivity index (χ4n) is 3.95. The number of carbonyl (C=O) groups is 1. The van der Waals surface area contributed by atoms with Crippen LogP contribution in [0.2, 0.25) is 0 Å². The summed E-state index contributed by atoms with van der Waals surface area (Å²) in [6.45, 7) is 5.09. The highest BCUT2D eigenvalue weighted by molar-refractivity contribution is 7.19. The molecule has 5 nitrogen and oxygen atoms in total. The molecule has 1 amide bonds. The Kier molecular flexibility index (Phi) is 3.52. The number of rotatable bonds is 2. The quantitative estimate of drug-likeness (QED) is 0.918. The fraction of sp³-hybridized carbons (Fsp3) is 0.588. The average molecular weight is 330 g/mol. The molecule has 4 rings (SSSR count). The second-order valence-corrected chi connectivity index (χ2v) is 7.96. The SMILES string of the molecule is Cc1nc(N2CCC[C@H]2C(N)=O)c2c3c(sc2n1)C[C@@H](C)CC3. The standard InChI is InChI=1S/C17H22N4OS/c1-9-5-6-11-13(8-9)23-17-14(11)16(19-10(2)20-17)21-7-3-4-12(21)15(18)22/h9,12H,3-8H2,1-2H3,(H2,18,22)/t9-,12-/m0/s1. The summed E-state index contributed by atoms with van der Waals surface area (Å²) in [7, 11) is 0. The minimum absolute atomic E-state index is 0.231. The molecule has 0 saturated carbocycles. The van der Waals surface area contributed by atoms with Gasteiger partial charge in [-0.3, -0.25) is 4.79 Å². The van der Waals surface area contributed by atoms with Gasteiger partial charge in [0.1, 0.15) is 22.5 Å². The van der Waals surface area contributed by atoms with Crippen LogP contribution in [0, 0.1) is 12.8 Å². The Balaban J connectivity index is 1.90. The summed E-state index contributed by atoms with van der Waals surface area (Å²) in [5.74, 6) is 2.19. The first kappa shape index (κ1) is 14.9. The van der Waals surface area contributed by atoms with Crippen LogP contribution in [0.15, 0.2) is 0 Å². The number of anilines is 1. The van der Waals surface area contributed by atoms with Gasteiger partial charge in [0.2, 0.25) is 5.91 Å². The van der Waals surface area contributed by atoms with E-state index in [4.69, 9.17) is 10.7 Å². The second-order valence-electron chi connectivity index (χ2n) is 6.88. The highest BCUT2D eigenvalue weighted by Crippen LogP contribution is 2.42. The Morgan fingerprint density at radius 1 is 1.35 bits per heavy atom. The number of aromatic nitrogens is 2. The molecule has 122 valence electrons. The zero-order chi connectivity index (χ0) is 16.1. The van der Waals surface area contributed by atoms with Crippen LogP contribution < -0.4 is 10.6 Å². The smallest absolute Gasteiger partial charge is 0.240 e. The summed E-state index contributed by atoms with van der Waals surface area (Å²) in [5.41, 5.74) is 7.03. The Morgan fingerprint density at radius 3 is 2.96 bits per heavy atom. The molecule has 2 atom stereocenters. The minimum atomic E-state index is -0.246. The second kappa shape index (κ2) is 5.44. The zero-order valence-electron chi connectivity index (χ0n) is 13.6. The van der Waals surface area contributed by atoms with Crippen molar-refractivity contribution in [3.63, 3.8) is 0 Å². The Labute approximate surface area is 139 Å². The number of carbonyl (C=O) groups excluding carboxylic acids is 1. The number of aryl methyl sites for hydroxylation is 2.